The van der Waals surface area contributed by atoms with E-state index in [0.717, 1.165) is 12.2 Å². The molecule has 0 radical (unpaired) electrons. The first-order chi connectivity index (χ1) is 12.3. The van der Waals surface area contributed by atoms with Crippen LogP contribution in [0.25, 0.3) is 0 Å². The lowest BCUT2D eigenvalue weighted by Gasteiger charge is -2.24. The van der Waals surface area contributed by atoms with Gasteiger partial charge in [0.05, 0.1) is 25.3 Å². The Bertz CT molecular complexity index is 617. The van der Waals surface area contributed by atoms with E-state index < -0.39 is 12.1 Å². The zero-order valence-electron chi connectivity index (χ0n) is 15.6. The Kier molecular flexibility index (Phi) is 6.99. The van der Waals surface area contributed by atoms with Crippen molar-refractivity contribution in [1.82, 2.24) is 9.80 Å². The second-order valence-corrected chi connectivity index (χ2v) is 7.21. The predicted octanol–water partition coefficient (Wildman–Crippen LogP) is 1.31. The van der Waals surface area contributed by atoms with E-state index in [1.807, 2.05) is 0 Å². The molecule has 144 valence electrons. The first-order valence-corrected chi connectivity index (χ1v) is 8.90. The molecule has 7 heteroatoms. The van der Waals surface area contributed by atoms with Crippen molar-refractivity contribution in [3.63, 3.8) is 0 Å². The minimum absolute atomic E-state index is 0.174. The highest BCUT2D eigenvalue weighted by Crippen LogP contribution is 2.20. The molecule has 0 bridgehead atoms. The molecule has 26 heavy (non-hydrogen) atoms. The lowest BCUT2D eigenvalue weighted by Crippen LogP contribution is -2.43. The third-order valence-corrected chi connectivity index (χ3v) is 4.56. The van der Waals surface area contributed by atoms with Gasteiger partial charge < -0.3 is 19.8 Å². The Morgan fingerprint density at radius 1 is 1.27 bits per heavy atom. The number of amides is 1. The van der Waals surface area contributed by atoms with Crippen LogP contribution < -0.4 is 4.74 Å². The van der Waals surface area contributed by atoms with E-state index >= 15 is 0 Å². The van der Waals surface area contributed by atoms with Crippen LogP contribution in [0.2, 0.25) is 0 Å². The number of carbonyl (C=O) groups excluding carboxylic acids is 1. The molecular formula is C19H28N2O5. The van der Waals surface area contributed by atoms with Gasteiger partial charge in [0, 0.05) is 18.7 Å². The van der Waals surface area contributed by atoms with Gasteiger partial charge in [-0.15, -0.1) is 0 Å². The lowest BCUT2D eigenvalue weighted by atomic mass is 10.1. The Morgan fingerprint density at radius 2 is 1.92 bits per heavy atom. The summed E-state index contributed by atoms with van der Waals surface area (Å²) in [6, 6.07) is 6.59. The fourth-order valence-electron chi connectivity index (χ4n) is 2.99. The second-order valence-electron chi connectivity index (χ2n) is 7.21. The molecule has 1 heterocycles. The topological polar surface area (TPSA) is 90.3 Å². The number of likely N-dealkylation sites (tertiary alicyclic amines) is 1. The molecule has 0 saturated carbocycles. The molecule has 2 rings (SSSR count). The molecule has 1 aromatic carbocycles. The molecular weight excluding hydrogens is 336 g/mol. The molecule has 1 aliphatic rings. The summed E-state index contributed by atoms with van der Waals surface area (Å²) < 4.78 is 5.65. The highest BCUT2D eigenvalue weighted by Gasteiger charge is 2.37. The molecule has 1 aromatic rings. The van der Waals surface area contributed by atoms with E-state index in [-0.39, 0.29) is 25.0 Å². The van der Waals surface area contributed by atoms with Gasteiger partial charge in [-0.3, -0.25) is 14.5 Å². The number of aliphatic hydroxyl groups is 1. The van der Waals surface area contributed by atoms with Crippen molar-refractivity contribution in [2.45, 2.75) is 32.4 Å². The van der Waals surface area contributed by atoms with Crippen LogP contribution in [0.15, 0.2) is 24.3 Å². The second kappa shape index (κ2) is 9.00. The van der Waals surface area contributed by atoms with E-state index in [9.17, 15) is 14.7 Å². The molecule has 7 nitrogen and oxygen atoms in total. The summed E-state index contributed by atoms with van der Waals surface area (Å²) in [5.41, 5.74) is 0.523. The maximum absolute atomic E-state index is 12.6. The van der Waals surface area contributed by atoms with E-state index in [1.54, 1.807) is 41.1 Å². The minimum atomic E-state index is -0.961. The Balaban J connectivity index is 1.93. The third-order valence-electron chi connectivity index (χ3n) is 4.56. The van der Waals surface area contributed by atoms with Crippen molar-refractivity contribution < 1.29 is 24.5 Å². The molecule has 1 aliphatic heterocycles. The van der Waals surface area contributed by atoms with Crippen molar-refractivity contribution in [1.29, 1.82) is 0 Å². The SMILES string of the molecule is CC(C)CCOc1ccc(C(=O)N2CC(N(C)CC(=O)O)[C@H](O)C2)cc1. The van der Waals surface area contributed by atoms with Gasteiger partial charge in [-0.05, 0) is 43.7 Å². The summed E-state index contributed by atoms with van der Waals surface area (Å²) in [5.74, 6) is 0.161. The summed E-state index contributed by atoms with van der Waals surface area (Å²) in [6.07, 6.45) is 0.208. The van der Waals surface area contributed by atoms with Gasteiger partial charge in [0.25, 0.3) is 5.91 Å². The number of carboxylic acids is 1. The number of nitrogens with zero attached hydrogens (tertiary/aromatic N) is 2. The van der Waals surface area contributed by atoms with Crippen LogP contribution in [0.4, 0.5) is 0 Å². The number of hydrogen-bond donors (Lipinski definition) is 2. The third kappa shape index (κ3) is 5.44. The highest BCUT2D eigenvalue weighted by atomic mass is 16.5. The van der Waals surface area contributed by atoms with Gasteiger partial charge in [0.15, 0.2) is 0 Å². The number of aliphatic carboxylic acids is 1. The van der Waals surface area contributed by atoms with Crippen molar-refractivity contribution in [2.75, 3.05) is 33.3 Å². The number of aliphatic hydroxyl groups excluding tert-OH is 1. The number of benzene rings is 1. The molecule has 0 spiro atoms. The van der Waals surface area contributed by atoms with Crippen LogP contribution in [0.1, 0.15) is 30.6 Å². The number of carbonyl (C=O) groups is 2. The monoisotopic (exact) mass is 364 g/mol. The van der Waals surface area contributed by atoms with Crippen LogP contribution in [-0.4, -0.2) is 77.3 Å². The standard InChI is InChI=1S/C19H28N2O5/c1-13(2)8-9-26-15-6-4-14(5-7-15)19(25)21-10-16(17(22)11-21)20(3)12-18(23)24/h4-7,13,16-17,22H,8-12H2,1-3H3,(H,23,24)/t16?,17-/m1/s1. The summed E-state index contributed by atoms with van der Waals surface area (Å²) in [6.45, 7) is 5.23. The predicted molar refractivity (Wildman–Crippen MR) is 97.4 cm³/mol. The van der Waals surface area contributed by atoms with Gasteiger partial charge in [0.2, 0.25) is 0 Å². The largest absolute Gasteiger partial charge is 0.494 e. The van der Waals surface area contributed by atoms with Crippen LogP contribution >= 0.6 is 0 Å². The first kappa shape index (κ1) is 20.2. The summed E-state index contributed by atoms with van der Waals surface area (Å²) in [4.78, 5) is 26.6. The maximum atomic E-state index is 12.6. The fraction of sp³-hybridized carbons (Fsp3) is 0.579. The average Bonchev–Trinajstić information content (AvgIpc) is 2.96. The van der Waals surface area contributed by atoms with E-state index in [1.165, 1.54) is 0 Å². The van der Waals surface area contributed by atoms with Crippen LogP contribution in [0.5, 0.6) is 5.75 Å². The van der Waals surface area contributed by atoms with Gasteiger partial charge >= 0.3 is 5.97 Å². The van der Waals surface area contributed by atoms with Crippen molar-refractivity contribution in [3.05, 3.63) is 29.8 Å². The van der Waals surface area contributed by atoms with E-state index in [4.69, 9.17) is 9.84 Å². The molecule has 1 saturated heterocycles. The molecule has 1 amide bonds. The summed E-state index contributed by atoms with van der Waals surface area (Å²) in [7, 11) is 1.64. The summed E-state index contributed by atoms with van der Waals surface area (Å²) >= 11 is 0. The average molecular weight is 364 g/mol. The van der Waals surface area contributed by atoms with E-state index in [0.29, 0.717) is 24.6 Å². The molecule has 0 aromatic heterocycles. The molecule has 2 atom stereocenters. The first-order valence-electron chi connectivity index (χ1n) is 8.90. The van der Waals surface area contributed by atoms with Crippen molar-refractivity contribution in [3.8, 4) is 5.75 Å². The number of carboxylic acid groups (broad SMARTS) is 1. The zero-order chi connectivity index (χ0) is 19.3. The number of rotatable bonds is 8. The highest BCUT2D eigenvalue weighted by molar-refractivity contribution is 5.94. The number of β-amino-alcohol motifs (C(OH)–C–C–N with tert-alkyl or cyclic N) is 1. The van der Waals surface area contributed by atoms with Crippen molar-refractivity contribution in [2.24, 2.45) is 5.92 Å². The number of likely N-dealkylation sites (N-methyl/N-ethyl adjacent to an activating group) is 1. The normalized spacial score (nSPS) is 20.0. The lowest BCUT2D eigenvalue weighted by molar-refractivity contribution is -0.138. The fourth-order valence-corrected chi connectivity index (χ4v) is 2.99. The van der Waals surface area contributed by atoms with Gasteiger partial charge in [-0.25, -0.2) is 0 Å². The van der Waals surface area contributed by atoms with Gasteiger partial charge in [-0.1, -0.05) is 13.8 Å². The molecule has 0 aliphatic carbocycles. The Labute approximate surface area is 154 Å². The smallest absolute Gasteiger partial charge is 0.317 e. The molecule has 2 N–H and O–H groups in total. The summed E-state index contributed by atoms with van der Waals surface area (Å²) in [5, 5.41) is 19.1. The Hall–Kier alpha value is -2.12. The van der Waals surface area contributed by atoms with Crippen molar-refractivity contribution >= 4 is 11.9 Å². The minimum Gasteiger partial charge on any atom is -0.494 e. The molecule has 1 unspecified atom stereocenters. The Morgan fingerprint density at radius 3 is 2.50 bits per heavy atom. The quantitative estimate of drug-likeness (QED) is 0.723. The van der Waals surface area contributed by atoms with Crippen LogP contribution in [-0.2, 0) is 4.79 Å². The maximum Gasteiger partial charge on any atom is 0.317 e. The number of ether oxygens (including phenoxy) is 1. The van der Waals surface area contributed by atoms with Gasteiger partial charge in [-0.2, -0.15) is 0 Å². The van der Waals surface area contributed by atoms with Gasteiger partial charge in [0.1, 0.15) is 5.75 Å². The van der Waals surface area contributed by atoms with E-state index in [2.05, 4.69) is 13.8 Å². The van der Waals surface area contributed by atoms with Crippen LogP contribution in [0.3, 0.4) is 0 Å². The molecule has 1 fully saturated rings. The zero-order valence-corrected chi connectivity index (χ0v) is 15.6. The number of hydrogen-bond acceptors (Lipinski definition) is 5. The van der Waals surface area contributed by atoms with Crippen LogP contribution in [0, 0.1) is 5.92 Å².